The summed E-state index contributed by atoms with van der Waals surface area (Å²) >= 11 is 4.75. The van der Waals surface area contributed by atoms with Gasteiger partial charge in [-0.05, 0) is 20.8 Å². The summed E-state index contributed by atoms with van der Waals surface area (Å²) in [7, 11) is 0. The van der Waals surface area contributed by atoms with E-state index in [2.05, 4.69) is 25.7 Å². The van der Waals surface area contributed by atoms with E-state index in [1.165, 1.54) is 0 Å². The molecule has 0 saturated carbocycles. The van der Waals surface area contributed by atoms with Gasteiger partial charge in [-0.15, -0.1) is 0 Å². The maximum Gasteiger partial charge on any atom is 0.0643 e. The number of rotatable bonds is 3. The van der Waals surface area contributed by atoms with Crippen molar-refractivity contribution in [3.8, 4) is 0 Å². The van der Waals surface area contributed by atoms with Gasteiger partial charge < -0.3 is 4.90 Å². The molecule has 0 radical (unpaired) electrons. The Morgan fingerprint density at radius 1 is 1.62 bits per heavy atom. The van der Waals surface area contributed by atoms with Crippen molar-refractivity contribution >= 4 is 17.7 Å². The van der Waals surface area contributed by atoms with Gasteiger partial charge in [0.15, 0.2) is 0 Å². The molecule has 0 spiro atoms. The van der Waals surface area contributed by atoms with Crippen LogP contribution in [0.2, 0.25) is 0 Å². The van der Waals surface area contributed by atoms with Crippen molar-refractivity contribution in [3.63, 3.8) is 0 Å². The number of thiocarbonyl (C=S) groups is 1. The summed E-state index contributed by atoms with van der Waals surface area (Å²) < 4.78 is 0. The molecule has 0 fully saturated rings. The highest BCUT2D eigenvalue weighted by molar-refractivity contribution is 7.78. The highest BCUT2D eigenvalue weighted by Crippen LogP contribution is 1.91. The third-order valence-corrected chi connectivity index (χ3v) is 1.43. The van der Waals surface area contributed by atoms with Crippen LogP contribution in [0.5, 0.6) is 0 Å². The van der Waals surface area contributed by atoms with E-state index in [4.69, 9.17) is 12.2 Å². The molecule has 1 nitrogen and oxygen atoms in total. The average Bonchev–Trinajstić information content (AvgIpc) is 1.69. The van der Waals surface area contributed by atoms with E-state index < -0.39 is 0 Å². The molecule has 0 aliphatic rings. The van der Waals surface area contributed by atoms with Gasteiger partial charge in [0.05, 0.1) is 5.49 Å². The van der Waals surface area contributed by atoms with Gasteiger partial charge in [-0.1, -0.05) is 12.2 Å². The van der Waals surface area contributed by atoms with Crippen LogP contribution in [-0.2, 0) is 0 Å². The Kier molecular flexibility index (Phi) is 3.79. The fraction of sp³-hybridized carbons (Fsp3) is 0.833. The van der Waals surface area contributed by atoms with Crippen LogP contribution in [0.3, 0.4) is 0 Å². The zero-order valence-electron chi connectivity index (χ0n) is 5.72. The minimum Gasteiger partial charge on any atom is -0.367 e. The van der Waals surface area contributed by atoms with Crippen molar-refractivity contribution < 1.29 is 0 Å². The second-order valence-corrected chi connectivity index (χ2v) is 2.24. The fourth-order valence-corrected chi connectivity index (χ4v) is 0.954. The van der Waals surface area contributed by atoms with E-state index in [9.17, 15) is 0 Å². The SMILES string of the molecule is CCN(C=S)C(C)C. The predicted molar refractivity (Wildman–Crippen MR) is 41.2 cm³/mol. The van der Waals surface area contributed by atoms with Crippen LogP contribution in [0.15, 0.2) is 0 Å². The van der Waals surface area contributed by atoms with Gasteiger partial charge in [-0.3, -0.25) is 0 Å². The van der Waals surface area contributed by atoms with Crippen LogP contribution < -0.4 is 0 Å². The Balaban J connectivity index is 3.51. The monoisotopic (exact) mass is 131 g/mol. The Labute approximate surface area is 56.7 Å². The van der Waals surface area contributed by atoms with Crippen LogP contribution in [0.4, 0.5) is 0 Å². The largest absolute Gasteiger partial charge is 0.367 e. The van der Waals surface area contributed by atoms with Gasteiger partial charge in [0.1, 0.15) is 0 Å². The highest BCUT2D eigenvalue weighted by Gasteiger charge is 1.97. The standard InChI is InChI=1S/C6H13NS/c1-4-7(5-8)6(2)3/h5-6H,4H2,1-3H3. The first kappa shape index (κ1) is 7.89. The molecule has 0 aliphatic carbocycles. The Hall–Kier alpha value is -0.110. The lowest BCUT2D eigenvalue weighted by molar-refractivity contribution is 0.383. The number of nitrogens with zero attached hydrogens (tertiary/aromatic N) is 1. The summed E-state index contributed by atoms with van der Waals surface area (Å²) in [6.07, 6.45) is 0. The van der Waals surface area contributed by atoms with E-state index in [1.807, 2.05) is 0 Å². The minimum absolute atomic E-state index is 0.553. The lowest BCUT2D eigenvalue weighted by Gasteiger charge is -2.20. The van der Waals surface area contributed by atoms with Gasteiger partial charge in [-0.25, -0.2) is 0 Å². The second-order valence-electron chi connectivity index (χ2n) is 2.03. The summed E-state index contributed by atoms with van der Waals surface area (Å²) in [5.41, 5.74) is 1.71. The first-order chi connectivity index (χ1) is 3.72. The van der Waals surface area contributed by atoms with Crippen molar-refractivity contribution in [1.29, 1.82) is 0 Å². The number of hydrogen-bond acceptors (Lipinski definition) is 1. The quantitative estimate of drug-likeness (QED) is 0.536. The first-order valence-corrected chi connectivity index (χ1v) is 3.40. The van der Waals surface area contributed by atoms with Crippen LogP contribution >= 0.6 is 12.2 Å². The van der Waals surface area contributed by atoms with Gasteiger partial charge in [0.25, 0.3) is 0 Å². The van der Waals surface area contributed by atoms with Crippen LogP contribution in [0.1, 0.15) is 20.8 Å². The molecule has 0 N–H and O–H groups in total. The molecule has 0 bridgehead atoms. The molecule has 0 aromatic carbocycles. The molecule has 48 valence electrons. The Bertz CT molecular complexity index is 70.9. The molecule has 0 unspecified atom stereocenters. The van der Waals surface area contributed by atoms with E-state index in [1.54, 1.807) is 5.49 Å². The van der Waals surface area contributed by atoms with E-state index in [0.717, 1.165) is 6.54 Å². The smallest absolute Gasteiger partial charge is 0.0643 e. The maximum absolute atomic E-state index is 4.75. The molecule has 0 rings (SSSR count). The molecule has 0 aromatic heterocycles. The molecule has 0 amide bonds. The molecule has 0 aliphatic heterocycles. The topological polar surface area (TPSA) is 3.24 Å². The van der Waals surface area contributed by atoms with Crippen LogP contribution in [-0.4, -0.2) is 23.0 Å². The van der Waals surface area contributed by atoms with Gasteiger partial charge in [0.2, 0.25) is 0 Å². The summed E-state index contributed by atoms with van der Waals surface area (Å²) in [5.74, 6) is 0. The molecule has 0 aromatic rings. The molecule has 8 heavy (non-hydrogen) atoms. The van der Waals surface area contributed by atoms with Crippen molar-refractivity contribution in [2.45, 2.75) is 26.8 Å². The predicted octanol–water partition coefficient (Wildman–Crippen LogP) is 1.67. The zero-order valence-corrected chi connectivity index (χ0v) is 6.53. The molecular formula is C6H13NS. The van der Waals surface area contributed by atoms with E-state index in [0.29, 0.717) is 6.04 Å². The van der Waals surface area contributed by atoms with E-state index in [-0.39, 0.29) is 0 Å². The lowest BCUT2D eigenvalue weighted by Crippen LogP contribution is -2.27. The van der Waals surface area contributed by atoms with Gasteiger partial charge in [0, 0.05) is 12.6 Å². The van der Waals surface area contributed by atoms with E-state index >= 15 is 0 Å². The molecule has 0 atom stereocenters. The summed E-state index contributed by atoms with van der Waals surface area (Å²) in [5, 5.41) is 0. The Morgan fingerprint density at radius 2 is 2.12 bits per heavy atom. The Morgan fingerprint density at radius 3 is 2.12 bits per heavy atom. The lowest BCUT2D eigenvalue weighted by atomic mass is 10.3. The second kappa shape index (κ2) is 3.84. The average molecular weight is 131 g/mol. The number of hydrogen-bond donors (Lipinski definition) is 0. The summed E-state index contributed by atoms with van der Waals surface area (Å²) in [4.78, 5) is 2.11. The minimum atomic E-state index is 0.553. The maximum atomic E-state index is 4.75. The normalized spacial score (nSPS) is 9.50. The van der Waals surface area contributed by atoms with Crippen molar-refractivity contribution in [2.75, 3.05) is 6.54 Å². The third-order valence-electron chi connectivity index (χ3n) is 1.16. The highest BCUT2D eigenvalue weighted by atomic mass is 32.1. The summed E-state index contributed by atoms with van der Waals surface area (Å²) in [6, 6.07) is 0.553. The van der Waals surface area contributed by atoms with Crippen molar-refractivity contribution in [2.24, 2.45) is 0 Å². The first-order valence-electron chi connectivity index (χ1n) is 2.93. The fourth-order valence-electron chi connectivity index (χ4n) is 0.561. The summed E-state index contributed by atoms with van der Waals surface area (Å²) in [6.45, 7) is 7.38. The molecular weight excluding hydrogens is 118 g/mol. The van der Waals surface area contributed by atoms with Crippen LogP contribution in [0.25, 0.3) is 0 Å². The van der Waals surface area contributed by atoms with Crippen LogP contribution in [0, 0.1) is 0 Å². The molecule has 0 saturated heterocycles. The molecule has 0 heterocycles. The molecule has 2 heteroatoms. The van der Waals surface area contributed by atoms with Gasteiger partial charge >= 0.3 is 0 Å². The third kappa shape index (κ3) is 2.26. The van der Waals surface area contributed by atoms with Crippen molar-refractivity contribution in [1.82, 2.24) is 4.90 Å². The van der Waals surface area contributed by atoms with Gasteiger partial charge in [-0.2, -0.15) is 0 Å². The zero-order chi connectivity index (χ0) is 6.57. The van der Waals surface area contributed by atoms with Crippen molar-refractivity contribution in [3.05, 3.63) is 0 Å².